The van der Waals surface area contributed by atoms with E-state index in [-0.39, 0.29) is 0 Å². The number of ether oxygens (including phenoxy) is 1. The van der Waals surface area contributed by atoms with Gasteiger partial charge in [0.05, 0.1) is 5.60 Å². The molecule has 148 valence electrons. The molecule has 0 aliphatic carbocycles. The van der Waals surface area contributed by atoms with Crippen LogP contribution in [0.25, 0.3) is 16.3 Å². The number of hydrogen-bond donors (Lipinski definition) is 1. The van der Waals surface area contributed by atoms with Crippen molar-refractivity contribution in [2.24, 2.45) is 0 Å². The van der Waals surface area contributed by atoms with Gasteiger partial charge < -0.3 is 9.84 Å². The summed E-state index contributed by atoms with van der Waals surface area (Å²) in [5.41, 5.74) is -3.48. The molecule has 0 amide bonds. The van der Waals surface area contributed by atoms with Crippen molar-refractivity contribution in [3.63, 3.8) is 0 Å². The number of fused-ring (bicyclic) bond motifs is 1. The molecule has 0 saturated heterocycles. The van der Waals surface area contributed by atoms with Gasteiger partial charge in [-0.05, 0) is 63.4 Å². The van der Waals surface area contributed by atoms with Gasteiger partial charge >= 0.3 is 6.18 Å². The molecule has 27 heavy (non-hydrogen) atoms. The van der Waals surface area contributed by atoms with E-state index in [0.29, 0.717) is 0 Å². The van der Waals surface area contributed by atoms with E-state index in [2.05, 4.69) is 6.58 Å². The number of alkyl halides is 3. The fraction of sp³-hybridized carbons (Fsp3) is 0.455. The molecule has 2 aromatic rings. The summed E-state index contributed by atoms with van der Waals surface area (Å²) in [7, 11) is 0. The van der Waals surface area contributed by atoms with Gasteiger partial charge in [0.15, 0.2) is 5.60 Å². The van der Waals surface area contributed by atoms with Crippen LogP contribution < -0.4 is 0 Å². The summed E-state index contributed by atoms with van der Waals surface area (Å²) in [5.74, 6) is 0. The Balaban J connectivity index is 2.62. The van der Waals surface area contributed by atoms with Gasteiger partial charge in [-0.25, -0.2) is 0 Å². The van der Waals surface area contributed by atoms with Gasteiger partial charge in [-0.2, -0.15) is 13.2 Å². The fourth-order valence-corrected chi connectivity index (χ4v) is 3.33. The topological polar surface area (TPSA) is 29.5 Å². The molecule has 0 spiro atoms. The number of allylic oxidation sites excluding steroid dienone is 1. The molecule has 2 nitrogen and oxygen atoms in total. The predicted octanol–water partition coefficient (Wildman–Crippen LogP) is 6.22. The van der Waals surface area contributed by atoms with Crippen LogP contribution >= 0.6 is 0 Å². The molecule has 0 aromatic heterocycles. The Morgan fingerprint density at radius 3 is 1.96 bits per heavy atom. The van der Waals surface area contributed by atoms with Gasteiger partial charge in [0, 0.05) is 0 Å². The van der Waals surface area contributed by atoms with Crippen LogP contribution in [0.4, 0.5) is 13.2 Å². The summed E-state index contributed by atoms with van der Waals surface area (Å²) >= 11 is 0. The predicted molar refractivity (Wildman–Crippen MR) is 104 cm³/mol. The fourth-order valence-electron chi connectivity index (χ4n) is 3.33. The molecule has 2 aromatic carbocycles. The van der Waals surface area contributed by atoms with E-state index in [1.165, 1.54) is 13.8 Å². The molecule has 0 aliphatic heterocycles. The molecule has 0 bridgehead atoms. The zero-order valence-electron chi connectivity index (χ0n) is 16.7. The lowest BCUT2D eigenvalue weighted by atomic mass is 9.83. The van der Waals surface area contributed by atoms with Crippen molar-refractivity contribution in [3.8, 4) is 0 Å². The zero-order valence-corrected chi connectivity index (χ0v) is 16.7. The molecule has 0 aliphatic rings. The third-order valence-corrected chi connectivity index (χ3v) is 5.25. The summed E-state index contributed by atoms with van der Waals surface area (Å²) < 4.78 is 46.1. The molecule has 5 heteroatoms. The minimum absolute atomic E-state index is 0.740. The van der Waals surface area contributed by atoms with Crippen LogP contribution in [0.2, 0.25) is 0 Å². The monoisotopic (exact) mass is 380 g/mol. The SMILES string of the molecule is C=C(C)c1cccc2cccc(C(C)(C)OC(C)(C)C(C)(O)C(F)(F)F)c12. The first kappa shape index (κ1) is 21.5. The normalized spacial score (nSPS) is 15.6. The van der Waals surface area contributed by atoms with Gasteiger partial charge in [-0.3, -0.25) is 0 Å². The second-order valence-corrected chi connectivity index (χ2v) is 8.18. The number of aliphatic hydroxyl groups is 1. The first-order valence-corrected chi connectivity index (χ1v) is 8.79. The lowest BCUT2D eigenvalue weighted by molar-refractivity contribution is -0.328. The first-order chi connectivity index (χ1) is 12.1. The molecule has 1 unspecified atom stereocenters. The van der Waals surface area contributed by atoms with Crippen molar-refractivity contribution in [2.45, 2.75) is 64.5 Å². The van der Waals surface area contributed by atoms with Gasteiger partial charge in [0.2, 0.25) is 0 Å². The van der Waals surface area contributed by atoms with Crippen molar-refractivity contribution in [2.75, 3.05) is 0 Å². The highest BCUT2D eigenvalue weighted by Crippen LogP contribution is 2.45. The summed E-state index contributed by atoms with van der Waals surface area (Å²) in [5, 5.41) is 12.0. The number of hydrogen-bond acceptors (Lipinski definition) is 2. The quantitative estimate of drug-likeness (QED) is 0.667. The van der Waals surface area contributed by atoms with E-state index in [1.54, 1.807) is 13.8 Å². The summed E-state index contributed by atoms with van der Waals surface area (Å²) in [6.45, 7) is 12.6. The Bertz CT molecular complexity index is 856. The largest absolute Gasteiger partial charge is 0.419 e. The maximum absolute atomic E-state index is 13.4. The minimum atomic E-state index is -4.83. The second-order valence-electron chi connectivity index (χ2n) is 8.18. The summed E-state index contributed by atoms with van der Waals surface area (Å²) in [6.07, 6.45) is -4.83. The summed E-state index contributed by atoms with van der Waals surface area (Å²) in [4.78, 5) is 0. The zero-order chi connectivity index (χ0) is 20.8. The molecular weight excluding hydrogens is 353 g/mol. The lowest BCUT2D eigenvalue weighted by Gasteiger charge is -2.45. The highest BCUT2D eigenvalue weighted by molar-refractivity contribution is 5.96. The second kappa shape index (κ2) is 6.64. The third-order valence-electron chi connectivity index (χ3n) is 5.25. The van der Waals surface area contributed by atoms with E-state index in [9.17, 15) is 18.3 Å². The molecule has 0 saturated carbocycles. The molecule has 0 radical (unpaired) electrons. The molecule has 0 heterocycles. The van der Waals surface area contributed by atoms with Gasteiger partial charge in [-0.1, -0.05) is 48.6 Å². The average Bonchev–Trinajstić information content (AvgIpc) is 2.51. The van der Waals surface area contributed by atoms with Crippen molar-refractivity contribution in [1.29, 1.82) is 0 Å². The van der Waals surface area contributed by atoms with E-state index in [0.717, 1.165) is 34.4 Å². The minimum Gasteiger partial charge on any atom is -0.378 e. The Morgan fingerprint density at radius 2 is 1.48 bits per heavy atom. The molecule has 1 N–H and O–H groups in total. The highest BCUT2D eigenvalue weighted by Gasteiger charge is 2.61. The van der Waals surface area contributed by atoms with E-state index in [1.807, 2.05) is 43.3 Å². The average molecular weight is 380 g/mol. The maximum atomic E-state index is 13.4. The number of halogens is 3. The highest BCUT2D eigenvalue weighted by atomic mass is 19.4. The standard InChI is InChI=1S/C22H27F3O2/c1-14(2)16-12-8-10-15-11-9-13-17(18(15)16)19(3,4)27-20(5,6)21(7,26)22(23,24)25/h8-13,26H,1H2,2-7H3. The van der Waals surface area contributed by atoms with E-state index in [4.69, 9.17) is 4.74 Å². The molecular formula is C22H27F3O2. The summed E-state index contributed by atoms with van der Waals surface area (Å²) in [6, 6.07) is 11.4. The molecule has 1 atom stereocenters. The number of benzene rings is 2. The van der Waals surface area contributed by atoms with Crippen LogP contribution in [-0.4, -0.2) is 22.5 Å². The molecule has 0 fully saturated rings. The Hall–Kier alpha value is -1.85. The lowest BCUT2D eigenvalue weighted by Crippen LogP contribution is -2.61. The van der Waals surface area contributed by atoms with Crippen LogP contribution in [0.5, 0.6) is 0 Å². The van der Waals surface area contributed by atoms with Crippen LogP contribution in [0.3, 0.4) is 0 Å². The molecule has 2 rings (SSSR count). The van der Waals surface area contributed by atoms with Crippen molar-refractivity contribution >= 4 is 16.3 Å². The third kappa shape index (κ3) is 3.76. The Kier molecular flexibility index (Phi) is 5.28. The van der Waals surface area contributed by atoms with Gasteiger partial charge in [0.25, 0.3) is 0 Å². The van der Waals surface area contributed by atoms with Crippen molar-refractivity contribution < 1.29 is 23.0 Å². The Morgan fingerprint density at radius 1 is 0.963 bits per heavy atom. The van der Waals surface area contributed by atoms with Crippen LogP contribution in [0.1, 0.15) is 52.7 Å². The van der Waals surface area contributed by atoms with E-state index < -0.39 is 23.0 Å². The van der Waals surface area contributed by atoms with Gasteiger partial charge in [0.1, 0.15) is 5.60 Å². The van der Waals surface area contributed by atoms with Gasteiger partial charge in [-0.15, -0.1) is 0 Å². The number of rotatable bonds is 5. The van der Waals surface area contributed by atoms with Crippen LogP contribution in [0, 0.1) is 0 Å². The smallest absolute Gasteiger partial charge is 0.378 e. The van der Waals surface area contributed by atoms with Crippen LogP contribution in [-0.2, 0) is 10.3 Å². The van der Waals surface area contributed by atoms with Crippen molar-refractivity contribution in [3.05, 3.63) is 54.1 Å². The van der Waals surface area contributed by atoms with Crippen LogP contribution in [0.15, 0.2) is 43.0 Å². The van der Waals surface area contributed by atoms with Crippen molar-refractivity contribution in [1.82, 2.24) is 0 Å². The maximum Gasteiger partial charge on any atom is 0.419 e. The Labute approximate surface area is 158 Å². The van der Waals surface area contributed by atoms with E-state index >= 15 is 0 Å². The first-order valence-electron chi connectivity index (χ1n) is 8.79.